The summed E-state index contributed by atoms with van der Waals surface area (Å²) in [6, 6.07) is 7.22. The van der Waals surface area contributed by atoms with Crippen LogP contribution in [-0.2, 0) is 0 Å². The summed E-state index contributed by atoms with van der Waals surface area (Å²) in [5.41, 5.74) is 0.823. The third kappa shape index (κ3) is 2.96. The molecule has 0 fully saturated rings. The van der Waals surface area contributed by atoms with Crippen LogP contribution in [0, 0.1) is 11.8 Å². The van der Waals surface area contributed by atoms with E-state index >= 15 is 0 Å². The number of hydrogen-bond donors (Lipinski definition) is 1. The molecule has 1 unspecified atom stereocenters. The lowest BCUT2D eigenvalue weighted by Crippen LogP contribution is -1.92. The van der Waals surface area contributed by atoms with Gasteiger partial charge in [-0.15, -0.1) is 0 Å². The van der Waals surface area contributed by atoms with E-state index in [-0.39, 0.29) is 0 Å². The summed E-state index contributed by atoms with van der Waals surface area (Å²) < 4.78 is 0. The van der Waals surface area contributed by atoms with Gasteiger partial charge in [-0.25, -0.2) is 0 Å². The van der Waals surface area contributed by atoms with Crippen molar-refractivity contribution in [1.82, 2.24) is 0 Å². The zero-order valence-corrected chi connectivity index (χ0v) is 7.47. The molecule has 1 aromatic rings. The Morgan fingerprint density at radius 2 is 2.25 bits per heavy atom. The van der Waals surface area contributed by atoms with Crippen LogP contribution in [0.4, 0.5) is 0 Å². The largest absolute Gasteiger partial charge is 0.381 e. The van der Waals surface area contributed by atoms with E-state index in [0.717, 1.165) is 5.56 Å². The number of aliphatic hydroxyl groups excluding tert-OH is 1. The number of hydrogen-bond acceptors (Lipinski definition) is 1. The fraction of sp³-hybridized carbons (Fsp3) is 0.200. The van der Waals surface area contributed by atoms with Crippen molar-refractivity contribution in [3.63, 3.8) is 0 Å². The standard InChI is InChI=1S/C10H9ClO/c1-8(12)5-6-9-3-2-4-10(11)7-9/h2-4,7-8,12H,1H3. The molecule has 12 heavy (non-hydrogen) atoms. The molecule has 62 valence electrons. The van der Waals surface area contributed by atoms with Gasteiger partial charge in [0.15, 0.2) is 0 Å². The molecule has 0 spiro atoms. The lowest BCUT2D eigenvalue weighted by molar-refractivity contribution is 0.253. The molecular weight excluding hydrogens is 172 g/mol. The van der Waals surface area contributed by atoms with Crippen LogP contribution in [0.2, 0.25) is 5.02 Å². The van der Waals surface area contributed by atoms with Crippen molar-refractivity contribution in [3.05, 3.63) is 34.9 Å². The van der Waals surface area contributed by atoms with Crippen LogP contribution in [0.1, 0.15) is 12.5 Å². The van der Waals surface area contributed by atoms with Crippen molar-refractivity contribution in [2.45, 2.75) is 13.0 Å². The molecule has 2 heteroatoms. The van der Waals surface area contributed by atoms with Crippen molar-refractivity contribution in [1.29, 1.82) is 0 Å². The van der Waals surface area contributed by atoms with Crippen molar-refractivity contribution in [2.24, 2.45) is 0 Å². The van der Waals surface area contributed by atoms with Crippen molar-refractivity contribution < 1.29 is 5.11 Å². The maximum Gasteiger partial charge on any atom is 0.112 e. The van der Waals surface area contributed by atoms with E-state index < -0.39 is 6.10 Å². The molecule has 0 aliphatic rings. The molecule has 0 heterocycles. The van der Waals surface area contributed by atoms with Gasteiger partial charge in [-0.05, 0) is 25.1 Å². The van der Waals surface area contributed by atoms with Gasteiger partial charge in [-0.2, -0.15) is 0 Å². The minimum Gasteiger partial charge on any atom is -0.381 e. The van der Waals surface area contributed by atoms with E-state index in [1.54, 1.807) is 19.1 Å². The second-order valence-electron chi connectivity index (χ2n) is 2.46. The SMILES string of the molecule is CC(O)C#Cc1cccc(Cl)c1. The highest BCUT2D eigenvalue weighted by Crippen LogP contribution is 2.09. The van der Waals surface area contributed by atoms with E-state index in [4.69, 9.17) is 16.7 Å². The first-order valence-corrected chi connectivity index (χ1v) is 4.01. The Kier molecular flexibility index (Phi) is 3.16. The predicted molar refractivity (Wildman–Crippen MR) is 50.0 cm³/mol. The minimum atomic E-state index is -0.594. The maximum atomic E-state index is 8.88. The lowest BCUT2D eigenvalue weighted by atomic mass is 10.2. The molecule has 0 aliphatic heterocycles. The Balaban J connectivity index is 2.85. The van der Waals surface area contributed by atoms with E-state index in [1.807, 2.05) is 12.1 Å². The molecule has 0 bridgehead atoms. The number of aliphatic hydroxyl groups is 1. The average Bonchev–Trinajstić information content (AvgIpc) is 2.01. The highest BCUT2D eigenvalue weighted by molar-refractivity contribution is 6.30. The van der Waals surface area contributed by atoms with Gasteiger partial charge in [0, 0.05) is 10.6 Å². The molecule has 0 aliphatic carbocycles. The highest BCUT2D eigenvalue weighted by Gasteiger charge is 1.89. The fourth-order valence-corrected chi connectivity index (χ4v) is 0.944. The van der Waals surface area contributed by atoms with E-state index in [9.17, 15) is 0 Å². The van der Waals surface area contributed by atoms with E-state index in [1.165, 1.54) is 0 Å². The van der Waals surface area contributed by atoms with E-state index in [0.29, 0.717) is 5.02 Å². The Labute approximate surface area is 77.0 Å². The summed E-state index contributed by atoms with van der Waals surface area (Å²) in [6.07, 6.45) is -0.594. The van der Waals surface area contributed by atoms with Gasteiger partial charge in [-0.1, -0.05) is 29.5 Å². The summed E-state index contributed by atoms with van der Waals surface area (Å²) in [6.45, 7) is 1.62. The molecule has 0 saturated heterocycles. The Hall–Kier alpha value is -0.970. The van der Waals surface area contributed by atoms with Gasteiger partial charge < -0.3 is 5.11 Å². The summed E-state index contributed by atoms with van der Waals surface area (Å²) >= 11 is 5.73. The number of rotatable bonds is 0. The number of benzene rings is 1. The van der Waals surface area contributed by atoms with Gasteiger partial charge in [0.05, 0.1) is 0 Å². The van der Waals surface area contributed by atoms with Crippen molar-refractivity contribution >= 4 is 11.6 Å². The fourth-order valence-electron chi connectivity index (χ4n) is 0.754. The summed E-state index contributed by atoms with van der Waals surface area (Å²) in [4.78, 5) is 0. The average molecular weight is 181 g/mol. The molecule has 0 aromatic heterocycles. The van der Waals surface area contributed by atoms with Crippen LogP contribution < -0.4 is 0 Å². The topological polar surface area (TPSA) is 20.2 Å². The molecule has 1 rings (SSSR count). The third-order valence-electron chi connectivity index (χ3n) is 1.25. The van der Waals surface area contributed by atoms with Gasteiger partial charge in [0.1, 0.15) is 6.10 Å². The van der Waals surface area contributed by atoms with Gasteiger partial charge >= 0.3 is 0 Å². The Morgan fingerprint density at radius 3 is 2.83 bits per heavy atom. The van der Waals surface area contributed by atoms with Gasteiger partial charge in [0.2, 0.25) is 0 Å². The molecule has 1 aromatic carbocycles. The first kappa shape index (κ1) is 9.12. The zero-order chi connectivity index (χ0) is 8.97. The van der Waals surface area contributed by atoms with Crippen LogP contribution >= 0.6 is 11.6 Å². The second-order valence-corrected chi connectivity index (χ2v) is 2.89. The minimum absolute atomic E-state index is 0.594. The molecule has 0 amide bonds. The molecule has 0 radical (unpaired) electrons. The zero-order valence-electron chi connectivity index (χ0n) is 6.71. The third-order valence-corrected chi connectivity index (χ3v) is 1.49. The number of halogens is 1. The quantitative estimate of drug-likeness (QED) is 0.606. The summed E-state index contributed by atoms with van der Waals surface area (Å²) in [5.74, 6) is 5.44. The monoisotopic (exact) mass is 180 g/mol. The molecular formula is C10H9ClO. The Morgan fingerprint density at radius 1 is 1.50 bits per heavy atom. The van der Waals surface area contributed by atoms with Gasteiger partial charge in [0.25, 0.3) is 0 Å². The van der Waals surface area contributed by atoms with Crippen LogP contribution in [0.15, 0.2) is 24.3 Å². The molecule has 1 atom stereocenters. The Bertz CT molecular complexity index is 320. The van der Waals surface area contributed by atoms with Crippen molar-refractivity contribution in [3.8, 4) is 11.8 Å². The summed E-state index contributed by atoms with van der Waals surface area (Å²) in [5, 5.41) is 9.54. The van der Waals surface area contributed by atoms with Crippen LogP contribution in [0.3, 0.4) is 0 Å². The predicted octanol–water partition coefficient (Wildman–Crippen LogP) is 2.07. The molecule has 0 saturated carbocycles. The maximum absolute atomic E-state index is 8.88. The first-order valence-electron chi connectivity index (χ1n) is 3.63. The van der Waals surface area contributed by atoms with Crippen LogP contribution in [0.25, 0.3) is 0 Å². The van der Waals surface area contributed by atoms with Crippen molar-refractivity contribution in [2.75, 3.05) is 0 Å². The van der Waals surface area contributed by atoms with Gasteiger partial charge in [-0.3, -0.25) is 0 Å². The normalized spacial score (nSPS) is 11.6. The van der Waals surface area contributed by atoms with Crippen LogP contribution in [-0.4, -0.2) is 11.2 Å². The lowest BCUT2D eigenvalue weighted by Gasteiger charge is -1.91. The molecule has 1 N–H and O–H groups in total. The first-order chi connectivity index (χ1) is 5.68. The molecule has 1 nitrogen and oxygen atoms in total. The van der Waals surface area contributed by atoms with Crippen LogP contribution in [0.5, 0.6) is 0 Å². The van der Waals surface area contributed by atoms with E-state index in [2.05, 4.69) is 11.8 Å². The second kappa shape index (κ2) is 4.15. The highest BCUT2D eigenvalue weighted by atomic mass is 35.5. The summed E-state index contributed by atoms with van der Waals surface area (Å²) in [7, 11) is 0. The smallest absolute Gasteiger partial charge is 0.112 e.